The third kappa shape index (κ3) is 159. The third-order valence-electron chi connectivity index (χ3n) is 0. The van der Waals surface area contributed by atoms with Gasteiger partial charge in [-0.1, -0.05) is 0 Å². The summed E-state index contributed by atoms with van der Waals surface area (Å²) in [6, 6.07) is 0. The Morgan fingerprint density at radius 3 is 0.667 bits per heavy atom. The molecule has 9 heteroatoms. The van der Waals surface area contributed by atoms with Crippen LogP contribution < -0.4 is 59.1 Å². The van der Waals surface area contributed by atoms with E-state index in [1.54, 1.807) is 0 Å². The molecule has 0 aromatic heterocycles. The van der Waals surface area contributed by atoms with Gasteiger partial charge < -0.3 is 0 Å². The molecule has 0 aromatic rings. The number of halogens is 4. The molecule has 0 radical (unpaired) electrons. The number of hydrogen-bond donors (Lipinski definition) is 0. The summed E-state index contributed by atoms with van der Waals surface area (Å²) in [4.78, 5) is 0. The minimum absolute atomic E-state index is 0. The fraction of sp³-hybridized carbons (Fsp3) is 0. The Kier molecular flexibility index (Phi) is 684. The van der Waals surface area contributed by atoms with Gasteiger partial charge in [-0.3, -0.25) is 18.8 Å². The molecule has 0 aliphatic heterocycles. The van der Waals surface area contributed by atoms with Gasteiger partial charge in [-0.25, -0.2) is 0 Å². The Balaban J connectivity index is -0.00000000133. The minimum atomic E-state index is -2.03. The van der Waals surface area contributed by atoms with E-state index in [2.05, 4.69) is 0 Å². The molecule has 0 fully saturated rings. The second-order valence-corrected chi connectivity index (χ2v) is 0.403. The molecule has 50 valence electrons. The van der Waals surface area contributed by atoms with Crippen molar-refractivity contribution in [3.8, 4) is 0 Å². The van der Waals surface area contributed by atoms with Crippen LogP contribution in [0.2, 0.25) is 0 Å². The van der Waals surface area contributed by atoms with E-state index < -0.39 is 18.5 Å². The SMILES string of the molecule is F.F.F.F.[Na+].[Na+].[O]=[Mo]=[O]. The Bertz CT molecular complexity index is 37.5. The zero-order valence-corrected chi connectivity index (χ0v) is 10.9. The molecule has 0 heterocycles. The summed E-state index contributed by atoms with van der Waals surface area (Å²) in [5.41, 5.74) is 0. The fourth-order valence-electron chi connectivity index (χ4n) is 0. The van der Waals surface area contributed by atoms with Gasteiger partial charge >= 0.3 is 84.4 Å². The maximum atomic E-state index is 8.50. The summed E-state index contributed by atoms with van der Waals surface area (Å²) in [6.07, 6.45) is 0. The van der Waals surface area contributed by atoms with Gasteiger partial charge in [0.2, 0.25) is 0 Å². The molecule has 0 saturated heterocycles. The molecular weight excluding hydrogens is 250 g/mol. The normalized spacial score (nSPS) is 1.33. The van der Waals surface area contributed by atoms with Crippen LogP contribution in [0.5, 0.6) is 0 Å². The van der Waals surface area contributed by atoms with Gasteiger partial charge in [0.15, 0.2) is 0 Å². The molecule has 0 aliphatic rings. The topological polar surface area (TPSA) is 34.1 Å². The van der Waals surface area contributed by atoms with Crippen molar-refractivity contribution in [1.82, 2.24) is 0 Å². The first-order chi connectivity index (χ1) is 1.41. The standard InChI is InChI=1S/4FH.Mo.2Na.2O/h4*1H;;;;;/q;;;;;2*+1;;. The zero-order chi connectivity index (χ0) is 2.71. The van der Waals surface area contributed by atoms with Crippen molar-refractivity contribution in [2.75, 3.05) is 0 Å². The number of rotatable bonds is 0. The summed E-state index contributed by atoms with van der Waals surface area (Å²) >= 11 is -2.03. The summed E-state index contributed by atoms with van der Waals surface area (Å²) < 4.78 is 17.0. The van der Waals surface area contributed by atoms with Gasteiger partial charge in [0.1, 0.15) is 0 Å². The first-order valence-corrected chi connectivity index (χ1v) is 1.97. The molecule has 0 aromatic carbocycles. The van der Waals surface area contributed by atoms with Crippen LogP contribution in [-0.4, -0.2) is 0 Å². The van der Waals surface area contributed by atoms with Crippen molar-refractivity contribution in [2.45, 2.75) is 0 Å². The van der Waals surface area contributed by atoms with Gasteiger partial charge in [-0.2, -0.15) is 0 Å². The predicted molar refractivity (Wildman–Crippen MR) is 11.4 cm³/mol. The molecule has 9 heavy (non-hydrogen) atoms. The Labute approximate surface area is 102 Å². The van der Waals surface area contributed by atoms with Crippen LogP contribution in [0.4, 0.5) is 18.8 Å². The second-order valence-electron chi connectivity index (χ2n) is 0.0680. The van der Waals surface area contributed by atoms with Crippen LogP contribution in [0, 0.1) is 0 Å². The molecule has 0 saturated carbocycles. The Hall–Kier alpha value is 2.01. The molecule has 0 rings (SSSR count). The van der Waals surface area contributed by atoms with Gasteiger partial charge in [0, 0.05) is 0 Å². The average Bonchev–Trinajstić information content (AvgIpc) is 0.918. The van der Waals surface area contributed by atoms with Crippen LogP contribution in [-0.2, 0) is 25.3 Å². The molecule has 0 atom stereocenters. The van der Waals surface area contributed by atoms with Crippen molar-refractivity contribution in [1.29, 1.82) is 0 Å². The first kappa shape index (κ1) is 68.6. The molecule has 2 nitrogen and oxygen atoms in total. The fourth-order valence-corrected chi connectivity index (χ4v) is 0. The van der Waals surface area contributed by atoms with Crippen molar-refractivity contribution in [3.05, 3.63) is 0 Å². The third-order valence-corrected chi connectivity index (χ3v) is 0. The molecule has 0 unspecified atom stereocenters. The average molecular weight is 254 g/mol. The second kappa shape index (κ2) is 89.7. The van der Waals surface area contributed by atoms with E-state index in [4.69, 9.17) is 6.80 Å². The molecule has 0 bridgehead atoms. The summed E-state index contributed by atoms with van der Waals surface area (Å²) in [5, 5.41) is 0. The molecule has 0 aliphatic carbocycles. The van der Waals surface area contributed by atoms with Crippen molar-refractivity contribution in [2.24, 2.45) is 0 Å². The van der Waals surface area contributed by atoms with E-state index in [-0.39, 0.29) is 77.9 Å². The van der Waals surface area contributed by atoms with Crippen LogP contribution >= 0.6 is 0 Å². The quantitative estimate of drug-likeness (QED) is 0.319. The van der Waals surface area contributed by atoms with Gasteiger partial charge in [-0.05, 0) is 0 Å². The van der Waals surface area contributed by atoms with Crippen molar-refractivity contribution in [3.63, 3.8) is 0 Å². The van der Waals surface area contributed by atoms with Crippen LogP contribution in [0.3, 0.4) is 0 Å². The molecular formula is H4F4MoNa2O2+2. The van der Waals surface area contributed by atoms with E-state index >= 15 is 0 Å². The van der Waals surface area contributed by atoms with E-state index in [0.717, 1.165) is 0 Å². The van der Waals surface area contributed by atoms with E-state index in [1.165, 1.54) is 0 Å². The Morgan fingerprint density at radius 1 is 0.667 bits per heavy atom. The molecule has 0 spiro atoms. The number of hydrogen-bond acceptors (Lipinski definition) is 2. The summed E-state index contributed by atoms with van der Waals surface area (Å²) in [6.45, 7) is 0. The van der Waals surface area contributed by atoms with Crippen molar-refractivity contribution >= 4 is 0 Å². The van der Waals surface area contributed by atoms with Gasteiger partial charge in [0.25, 0.3) is 0 Å². The molecule has 0 amide bonds. The van der Waals surface area contributed by atoms with E-state index in [9.17, 15) is 0 Å². The predicted octanol–water partition coefficient (Wildman–Crippen LogP) is -5.62. The summed E-state index contributed by atoms with van der Waals surface area (Å²) in [5.74, 6) is 0. The van der Waals surface area contributed by atoms with Gasteiger partial charge in [0.05, 0.1) is 0 Å². The molecule has 0 N–H and O–H groups in total. The van der Waals surface area contributed by atoms with Crippen LogP contribution in [0.25, 0.3) is 0 Å². The van der Waals surface area contributed by atoms with Crippen LogP contribution in [0.15, 0.2) is 0 Å². The Morgan fingerprint density at radius 2 is 0.667 bits per heavy atom. The van der Waals surface area contributed by atoms with Gasteiger partial charge in [-0.15, -0.1) is 0 Å². The van der Waals surface area contributed by atoms with E-state index in [1.807, 2.05) is 0 Å². The summed E-state index contributed by atoms with van der Waals surface area (Å²) in [7, 11) is 0. The maximum absolute atomic E-state index is 8.50. The van der Waals surface area contributed by atoms with Crippen LogP contribution in [0.1, 0.15) is 0 Å². The van der Waals surface area contributed by atoms with Crippen molar-refractivity contribution < 1.29 is 103 Å². The first-order valence-electron chi connectivity index (χ1n) is 0.333. The van der Waals surface area contributed by atoms with E-state index in [0.29, 0.717) is 0 Å². The monoisotopic (exact) mass is 256 g/mol. The zero-order valence-electron chi connectivity index (χ0n) is 4.86.